The zero-order valence-electron chi connectivity index (χ0n) is 20.4. The lowest BCUT2D eigenvalue weighted by Crippen LogP contribution is -2.50. The average Bonchev–Trinajstić information content (AvgIpc) is 3.25. The van der Waals surface area contributed by atoms with Crippen molar-refractivity contribution in [2.75, 3.05) is 13.2 Å². The van der Waals surface area contributed by atoms with Crippen LogP contribution in [-0.4, -0.2) is 60.7 Å². The van der Waals surface area contributed by atoms with Crippen molar-refractivity contribution in [1.82, 2.24) is 30.4 Å². The van der Waals surface area contributed by atoms with E-state index in [2.05, 4.69) is 20.7 Å². The number of carbonyl (C=O) groups excluding carboxylic acids is 2. The number of aliphatic hydroxyl groups is 1. The summed E-state index contributed by atoms with van der Waals surface area (Å²) >= 11 is 0. The zero-order chi connectivity index (χ0) is 25.6. The number of aromatic nitrogens is 4. The summed E-state index contributed by atoms with van der Waals surface area (Å²) in [6.45, 7) is 7.31. The Labute approximate surface area is 204 Å². The molecule has 0 aliphatic heterocycles. The molecule has 0 radical (unpaired) electrons. The molecule has 9 nitrogen and oxygen atoms in total. The molecule has 2 N–H and O–H groups in total. The van der Waals surface area contributed by atoms with Gasteiger partial charge in [-0.25, -0.2) is 4.39 Å². The lowest BCUT2D eigenvalue weighted by molar-refractivity contribution is -0.142. The Morgan fingerprint density at radius 3 is 2.37 bits per heavy atom. The van der Waals surface area contributed by atoms with E-state index >= 15 is 0 Å². The van der Waals surface area contributed by atoms with E-state index in [1.807, 2.05) is 52.0 Å². The molecule has 3 aromatic rings. The molecular formula is C25H31FN6O3. The first-order valence-corrected chi connectivity index (χ1v) is 11.4. The van der Waals surface area contributed by atoms with E-state index in [1.165, 1.54) is 29.2 Å². The monoisotopic (exact) mass is 482 g/mol. The van der Waals surface area contributed by atoms with Crippen molar-refractivity contribution in [3.05, 3.63) is 65.5 Å². The summed E-state index contributed by atoms with van der Waals surface area (Å²) in [4.78, 5) is 29.4. The number of carbonyl (C=O) groups is 2. The van der Waals surface area contributed by atoms with Crippen LogP contribution < -0.4 is 5.32 Å². The van der Waals surface area contributed by atoms with Gasteiger partial charge in [0.2, 0.25) is 17.6 Å². The highest BCUT2D eigenvalue weighted by Gasteiger charge is 2.33. The second-order valence-electron chi connectivity index (χ2n) is 9.37. The minimum atomic E-state index is -0.908. The number of nitrogens with one attached hydrogen (secondary N) is 1. The highest BCUT2D eigenvalue weighted by molar-refractivity contribution is 5.89. The molecular weight excluding hydrogens is 451 g/mol. The van der Waals surface area contributed by atoms with Crippen molar-refractivity contribution in [1.29, 1.82) is 0 Å². The number of hydrogen-bond donors (Lipinski definition) is 2. The van der Waals surface area contributed by atoms with Gasteiger partial charge in [0.05, 0.1) is 0 Å². The van der Waals surface area contributed by atoms with Crippen molar-refractivity contribution in [3.8, 4) is 11.4 Å². The lowest BCUT2D eigenvalue weighted by Gasteiger charge is -2.33. The molecule has 1 aromatic heterocycles. The van der Waals surface area contributed by atoms with Gasteiger partial charge in [0.25, 0.3) is 0 Å². The molecule has 0 saturated heterocycles. The first-order chi connectivity index (χ1) is 16.6. The van der Waals surface area contributed by atoms with Gasteiger partial charge in [-0.2, -0.15) is 4.80 Å². The Hall–Kier alpha value is -3.66. The molecule has 10 heteroatoms. The van der Waals surface area contributed by atoms with E-state index in [0.717, 1.165) is 10.4 Å². The molecule has 2 aromatic carbocycles. The summed E-state index contributed by atoms with van der Waals surface area (Å²) in [6.07, 6.45) is 0.294. The van der Waals surface area contributed by atoms with Gasteiger partial charge in [-0.05, 0) is 69.2 Å². The van der Waals surface area contributed by atoms with Crippen LogP contribution in [0.15, 0.2) is 48.5 Å². The second kappa shape index (κ2) is 11.2. The summed E-state index contributed by atoms with van der Waals surface area (Å²) in [6, 6.07) is 12.1. The Morgan fingerprint density at radius 1 is 1.11 bits per heavy atom. The number of rotatable bonds is 9. The van der Waals surface area contributed by atoms with Gasteiger partial charge in [0.15, 0.2) is 0 Å². The molecule has 1 atom stereocenters. The number of aryl methyl sites for hydroxylation is 1. The van der Waals surface area contributed by atoms with Crippen LogP contribution in [-0.2, 0) is 16.1 Å². The summed E-state index contributed by atoms with van der Waals surface area (Å²) < 4.78 is 13.2. The smallest absolute Gasteiger partial charge is 0.247 e. The van der Waals surface area contributed by atoms with Crippen molar-refractivity contribution in [3.63, 3.8) is 0 Å². The molecule has 3 rings (SSSR count). The van der Waals surface area contributed by atoms with Crippen LogP contribution in [0.2, 0.25) is 0 Å². The normalized spacial score (nSPS) is 12.3. The highest BCUT2D eigenvalue weighted by Crippen LogP contribution is 2.24. The topological polar surface area (TPSA) is 113 Å². The molecule has 0 bridgehead atoms. The summed E-state index contributed by atoms with van der Waals surface area (Å²) in [5.74, 6) is -0.867. The van der Waals surface area contributed by atoms with Crippen LogP contribution in [0.4, 0.5) is 4.39 Å². The van der Waals surface area contributed by atoms with E-state index in [9.17, 15) is 19.1 Å². The Balaban J connectivity index is 1.90. The second-order valence-corrected chi connectivity index (χ2v) is 9.37. The number of benzene rings is 2. The highest BCUT2D eigenvalue weighted by atomic mass is 19.1. The molecule has 186 valence electrons. The minimum Gasteiger partial charge on any atom is -0.396 e. The third kappa shape index (κ3) is 7.16. The summed E-state index contributed by atoms with van der Waals surface area (Å²) in [7, 11) is 0. The standard InChI is InChI=1S/C25H31FN6O3/c1-17-6-8-18(9-7-17)22(24(35)27-25(2,3)4)31(14-5-15-33)21(34)16-32-29-23(28-30-32)19-10-12-20(26)13-11-19/h6-13,22,33H,5,14-16H2,1-4H3,(H,27,35)/t22-/m0/s1. The van der Waals surface area contributed by atoms with Crippen molar-refractivity contribution in [2.24, 2.45) is 0 Å². The molecule has 0 fully saturated rings. The van der Waals surface area contributed by atoms with Gasteiger partial charge in [-0.15, -0.1) is 10.2 Å². The van der Waals surface area contributed by atoms with E-state index < -0.39 is 17.5 Å². The first-order valence-electron chi connectivity index (χ1n) is 11.4. The predicted molar refractivity (Wildman–Crippen MR) is 128 cm³/mol. The Bertz CT molecular complexity index is 1140. The summed E-state index contributed by atoms with van der Waals surface area (Å²) in [5.41, 5.74) is 1.73. The molecule has 0 aliphatic rings. The van der Waals surface area contributed by atoms with Gasteiger partial charge in [-0.1, -0.05) is 29.8 Å². The van der Waals surface area contributed by atoms with Crippen molar-refractivity contribution >= 4 is 11.8 Å². The van der Waals surface area contributed by atoms with Gasteiger partial charge < -0.3 is 15.3 Å². The van der Waals surface area contributed by atoms with Gasteiger partial charge >= 0.3 is 0 Å². The van der Waals surface area contributed by atoms with Crippen molar-refractivity contribution < 1.29 is 19.1 Å². The van der Waals surface area contributed by atoms with Crippen LogP contribution in [0.3, 0.4) is 0 Å². The fourth-order valence-electron chi connectivity index (χ4n) is 3.53. The predicted octanol–water partition coefficient (Wildman–Crippen LogP) is 2.65. The molecule has 0 unspecified atom stereocenters. The molecule has 35 heavy (non-hydrogen) atoms. The van der Waals surface area contributed by atoms with E-state index in [4.69, 9.17) is 0 Å². The third-order valence-corrected chi connectivity index (χ3v) is 5.16. The average molecular weight is 483 g/mol. The first kappa shape index (κ1) is 26.0. The number of nitrogens with zero attached hydrogens (tertiary/aromatic N) is 5. The largest absolute Gasteiger partial charge is 0.396 e. The summed E-state index contributed by atoms with van der Waals surface area (Å²) in [5, 5.41) is 24.5. The molecule has 1 heterocycles. The zero-order valence-corrected chi connectivity index (χ0v) is 20.4. The van der Waals surface area contributed by atoms with Crippen molar-refractivity contribution in [2.45, 2.75) is 52.2 Å². The molecule has 0 saturated carbocycles. The molecule has 0 aliphatic carbocycles. The van der Waals surface area contributed by atoms with Gasteiger partial charge in [-0.3, -0.25) is 9.59 Å². The van der Waals surface area contributed by atoms with Crippen LogP contribution in [0.5, 0.6) is 0 Å². The van der Waals surface area contributed by atoms with Crippen LogP contribution in [0.1, 0.15) is 44.4 Å². The molecule has 2 amide bonds. The van der Waals surface area contributed by atoms with Gasteiger partial charge in [0.1, 0.15) is 18.4 Å². The quantitative estimate of drug-likeness (QED) is 0.485. The van der Waals surface area contributed by atoms with E-state index in [-0.39, 0.29) is 37.2 Å². The lowest BCUT2D eigenvalue weighted by atomic mass is 10.00. The number of halogens is 1. The van der Waals surface area contributed by atoms with Crippen LogP contribution in [0, 0.1) is 12.7 Å². The maximum Gasteiger partial charge on any atom is 0.247 e. The van der Waals surface area contributed by atoms with Crippen LogP contribution >= 0.6 is 0 Å². The molecule has 0 spiro atoms. The maximum atomic E-state index is 13.4. The fourth-order valence-corrected chi connectivity index (χ4v) is 3.53. The van der Waals surface area contributed by atoms with E-state index in [1.54, 1.807) is 0 Å². The number of aliphatic hydroxyl groups excluding tert-OH is 1. The van der Waals surface area contributed by atoms with E-state index in [0.29, 0.717) is 17.5 Å². The SMILES string of the molecule is Cc1ccc([C@@H](C(=O)NC(C)(C)C)N(CCCO)C(=O)Cn2nnc(-c3ccc(F)cc3)n2)cc1. The maximum absolute atomic E-state index is 13.4. The number of hydrogen-bond acceptors (Lipinski definition) is 6. The van der Waals surface area contributed by atoms with Gasteiger partial charge in [0, 0.05) is 24.3 Å². The number of tetrazole rings is 1. The Kier molecular flexibility index (Phi) is 8.29. The Morgan fingerprint density at radius 2 is 1.77 bits per heavy atom. The fraction of sp³-hybridized carbons (Fsp3) is 0.400. The minimum absolute atomic E-state index is 0.137. The third-order valence-electron chi connectivity index (χ3n) is 5.16. The van der Waals surface area contributed by atoms with Crippen LogP contribution in [0.25, 0.3) is 11.4 Å². The number of amides is 2.